The van der Waals surface area contributed by atoms with Gasteiger partial charge in [-0.25, -0.2) is 9.18 Å². The molecular formula is C18H15FN2O3. The Bertz CT molecular complexity index is 947. The molecule has 2 aromatic carbocycles. The number of esters is 1. The fraction of sp³-hybridized carbons (Fsp3) is 0.111. The molecule has 1 amide bonds. The van der Waals surface area contributed by atoms with Gasteiger partial charge in [0.05, 0.1) is 18.4 Å². The van der Waals surface area contributed by atoms with E-state index in [9.17, 15) is 14.0 Å². The number of carbonyl (C=O) groups excluding carboxylic acids is 2. The van der Waals surface area contributed by atoms with Crippen LogP contribution in [0.4, 0.5) is 10.1 Å². The highest BCUT2D eigenvalue weighted by Gasteiger charge is 2.17. The molecule has 0 aliphatic heterocycles. The number of ether oxygens (including phenoxy) is 1. The van der Waals surface area contributed by atoms with Gasteiger partial charge in [0.2, 0.25) is 0 Å². The van der Waals surface area contributed by atoms with Crippen LogP contribution in [-0.2, 0) is 11.8 Å². The zero-order valence-corrected chi connectivity index (χ0v) is 13.2. The van der Waals surface area contributed by atoms with Crippen LogP contribution in [0.25, 0.3) is 10.9 Å². The minimum atomic E-state index is -0.537. The number of aromatic nitrogens is 1. The second-order valence-corrected chi connectivity index (χ2v) is 5.28. The number of aryl methyl sites for hydroxylation is 1. The molecule has 0 atom stereocenters. The van der Waals surface area contributed by atoms with Crippen LogP contribution in [0.3, 0.4) is 0 Å². The molecule has 0 bridgehead atoms. The lowest BCUT2D eigenvalue weighted by Crippen LogP contribution is -2.17. The smallest absolute Gasteiger partial charge is 0.339 e. The van der Waals surface area contributed by atoms with E-state index in [1.165, 1.54) is 19.2 Å². The van der Waals surface area contributed by atoms with Crippen molar-refractivity contribution in [3.63, 3.8) is 0 Å². The van der Waals surface area contributed by atoms with Gasteiger partial charge in [-0.1, -0.05) is 12.1 Å². The molecule has 6 heteroatoms. The fourth-order valence-corrected chi connectivity index (χ4v) is 2.60. The van der Waals surface area contributed by atoms with Crippen molar-refractivity contribution < 1.29 is 18.7 Å². The molecular weight excluding hydrogens is 311 g/mol. The Hall–Kier alpha value is -3.15. The van der Waals surface area contributed by atoms with Gasteiger partial charge in [-0.2, -0.15) is 0 Å². The van der Waals surface area contributed by atoms with Crippen LogP contribution < -0.4 is 5.32 Å². The summed E-state index contributed by atoms with van der Waals surface area (Å²) in [6, 6.07) is 12.5. The molecule has 0 saturated carbocycles. The molecule has 122 valence electrons. The van der Waals surface area contributed by atoms with Gasteiger partial charge >= 0.3 is 5.97 Å². The fourth-order valence-electron chi connectivity index (χ4n) is 2.60. The van der Waals surface area contributed by atoms with Gasteiger partial charge < -0.3 is 14.6 Å². The Labute approximate surface area is 137 Å². The second kappa shape index (κ2) is 6.16. The van der Waals surface area contributed by atoms with Crippen molar-refractivity contribution in [2.24, 2.45) is 7.05 Å². The number of carbonyl (C=O) groups is 2. The van der Waals surface area contributed by atoms with E-state index in [4.69, 9.17) is 4.74 Å². The Balaban J connectivity index is 1.97. The molecule has 0 fully saturated rings. The summed E-state index contributed by atoms with van der Waals surface area (Å²) < 4.78 is 19.7. The maximum Gasteiger partial charge on any atom is 0.339 e. The number of halogens is 1. The highest BCUT2D eigenvalue weighted by Crippen LogP contribution is 2.22. The lowest BCUT2D eigenvalue weighted by molar-refractivity contribution is 0.0602. The molecule has 5 nitrogen and oxygen atoms in total. The average Bonchev–Trinajstić information content (AvgIpc) is 2.90. The largest absolute Gasteiger partial charge is 0.465 e. The van der Waals surface area contributed by atoms with Crippen LogP contribution in [0.2, 0.25) is 0 Å². The van der Waals surface area contributed by atoms with Crippen molar-refractivity contribution in [2.75, 3.05) is 12.4 Å². The highest BCUT2D eigenvalue weighted by atomic mass is 19.1. The number of hydrogen-bond donors (Lipinski definition) is 1. The quantitative estimate of drug-likeness (QED) is 0.751. The van der Waals surface area contributed by atoms with Gasteiger partial charge in [0.15, 0.2) is 0 Å². The van der Waals surface area contributed by atoms with Gasteiger partial charge in [0.25, 0.3) is 5.91 Å². The predicted molar refractivity (Wildman–Crippen MR) is 88.6 cm³/mol. The third kappa shape index (κ3) is 2.74. The number of rotatable bonds is 3. The number of hydrogen-bond acceptors (Lipinski definition) is 3. The van der Waals surface area contributed by atoms with E-state index in [2.05, 4.69) is 5.32 Å². The molecule has 0 unspecified atom stereocenters. The Morgan fingerprint density at radius 1 is 1.12 bits per heavy atom. The molecule has 0 radical (unpaired) electrons. The number of para-hydroxylation sites is 1. The van der Waals surface area contributed by atoms with Crippen molar-refractivity contribution in [3.8, 4) is 0 Å². The van der Waals surface area contributed by atoms with Crippen LogP contribution in [0.1, 0.15) is 20.8 Å². The van der Waals surface area contributed by atoms with Gasteiger partial charge in [-0.05, 0) is 36.4 Å². The summed E-state index contributed by atoms with van der Waals surface area (Å²) in [6.07, 6.45) is 0. The number of benzene rings is 2. The monoisotopic (exact) mass is 326 g/mol. The lowest BCUT2D eigenvalue weighted by atomic mass is 10.1. The zero-order chi connectivity index (χ0) is 17.3. The topological polar surface area (TPSA) is 60.3 Å². The van der Waals surface area contributed by atoms with E-state index in [1.807, 2.05) is 0 Å². The maximum absolute atomic E-state index is 13.3. The first-order valence-electron chi connectivity index (χ1n) is 7.25. The third-order valence-corrected chi connectivity index (χ3v) is 3.82. The standard InChI is InChI=1S/C18H15FN2O3/c1-21-15-8-7-12(19)9-11(15)10-16(21)17(22)20-14-6-4-3-5-13(14)18(23)24-2/h3-10H,1-2H3,(H,20,22). The van der Waals surface area contributed by atoms with E-state index < -0.39 is 11.9 Å². The summed E-state index contributed by atoms with van der Waals surface area (Å²) in [4.78, 5) is 24.4. The van der Waals surface area contributed by atoms with Crippen molar-refractivity contribution >= 4 is 28.5 Å². The normalized spacial score (nSPS) is 10.6. The summed E-state index contributed by atoms with van der Waals surface area (Å²) in [5.41, 5.74) is 1.71. The minimum absolute atomic E-state index is 0.262. The van der Waals surface area contributed by atoms with Crippen LogP contribution in [-0.4, -0.2) is 23.6 Å². The molecule has 0 aliphatic rings. The van der Waals surface area contributed by atoms with Crippen LogP contribution in [0.5, 0.6) is 0 Å². The van der Waals surface area contributed by atoms with E-state index in [0.717, 1.165) is 5.52 Å². The molecule has 1 heterocycles. The van der Waals surface area contributed by atoms with Crippen LogP contribution in [0, 0.1) is 5.82 Å². The summed E-state index contributed by atoms with van der Waals surface area (Å²) in [5, 5.41) is 3.33. The van der Waals surface area contributed by atoms with Gasteiger partial charge in [-0.15, -0.1) is 0 Å². The summed E-state index contributed by atoms with van der Waals surface area (Å²) in [7, 11) is 3.00. The van der Waals surface area contributed by atoms with Crippen molar-refractivity contribution in [3.05, 3.63) is 65.6 Å². The van der Waals surface area contributed by atoms with Crippen molar-refractivity contribution in [2.45, 2.75) is 0 Å². The number of fused-ring (bicyclic) bond motifs is 1. The zero-order valence-electron chi connectivity index (χ0n) is 13.2. The Kier molecular flexibility index (Phi) is 4.04. The molecule has 0 spiro atoms. The predicted octanol–water partition coefficient (Wildman–Crippen LogP) is 3.36. The summed E-state index contributed by atoms with van der Waals surface area (Å²) in [5.74, 6) is -1.30. The molecule has 1 aromatic heterocycles. The number of nitrogens with one attached hydrogen (secondary N) is 1. The molecule has 0 aliphatic carbocycles. The van der Waals surface area contributed by atoms with E-state index in [0.29, 0.717) is 16.8 Å². The number of nitrogens with zero attached hydrogens (tertiary/aromatic N) is 1. The first-order chi connectivity index (χ1) is 11.5. The maximum atomic E-state index is 13.3. The lowest BCUT2D eigenvalue weighted by Gasteiger charge is -2.10. The molecule has 3 rings (SSSR count). The molecule has 0 saturated heterocycles. The molecule has 24 heavy (non-hydrogen) atoms. The van der Waals surface area contributed by atoms with Crippen molar-refractivity contribution in [1.82, 2.24) is 4.57 Å². The van der Waals surface area contributed by atoms with Gasteiger partial charge in [0, 0.05) is 18.0 Å². The first kappa shape index (κ1) is 15.7. The van der Waals surface area contributed by atoms with E-state index in [-0.39, 0.29) is 11.4 Å². The molecule has 3 aromatic rings. The molecule has 1 N–H and O–H groups in total. The van der Waals surface area contributed by atoms with Crippen molar-refractivity contribution in [1.29, 1.82) is 0 Å². The van der Waals surface area contributed by atoms with Crippen LogP contribution >= 0.6 is 0 Å². The SMILES string of the molecule is COC(=O)c1ccccc1NC(=O)c1cc2cc(F)ccc2n1C. The first-order valence-corrected chi connectivity index (χ1v) is 7.25. The minimum Gasteiger partial charge on any atom is -0.465 e. The third-order valence-electron chi connectivity index (χ3n) is 3.82. The van der Waals surface area contributed by atoms with Crippen LogP contribution in [0.15, 0.2) is 48.5 Å². The Morgan fingerprint density at radius 3 is 2.62 bits per heavy atom. The summed E-state index contributed by atoms with van der Waals surface area (Å²) in [6.45, 7) is 0. The summed E-state index contributed by atoms with van der Waals surface area (Å²) >= 11 is 0. The second-order valence-electron chi connectivity index (χ2n) is 5.28. The Morgan fingerprint density at radius 2 is 1.88 bits per heavy atom. The average molecular weight is 326 g/mol. The number of methoxy groups -OCH3 is 1. The number of amides is 1. The highest BCUT2D eigenvalue weighted by molar-refractivity contribution is 6.09. The van der Waals surface area contributed by atoms with Gasteiger partial charge in [0.1, 0.15) is 11.5 Å². The van der Waals surface area contributed by atoms with E-state index in [1.54, 1.807) is 48.0 Å². The van der Waals surface area contributed by atoms with E-state index >= 15 is 0 Å². The van der Waals surface area contributed by atoms with Gasteiger partial charge in [-0.3, -0.25) is 4.79 Å². The number of anilines is 1.